The van der Waals surface area contributed by atoms with Gasteiger partial charge >= 0.3 is 29.6 Å². The van der Waals surface area contributed by atoms with Gasteiger partial charge in [-0.2, -0.15) is 6.42 Å². The third-order valence-electron chi connectivity index (χ3n) is 4.76. The van der Waals surface area contributed by atoms with Gasteiger partial charge in [-0.1, -0.05) is 133 Å². The van der Waals surface area contributed by atoms with Gasteiger partial charge in [-0.05, 0) is 10.8 Å². The van der Waals surface area contributed by atoms with E-state index in [1.807, 2.05) is 0 Å². The van der Waals surface area contributed by atoms with Crippen LogP contribution < -0.4 is 29.6 Å². The molecule has 2 rings (SSSR count). The maximum absolute atomic E-state index is 3.87. The monoisotopic (exact) mass is 362 g/mol. The molecule has 0 saturated heterocycles. The van der Waals surface area contributed by atoms with Gasteiger partial charge in [0, 0.05) is 0 Å². The second-order valence-corrected chi connectivity index (χ2v) is 7.09. The number of unbranched alkanes of at least 4 members (excludes halogenated alkanes) is 12. The van der Waals surface area contributed by atoms with Gasteiger partial charge in [-0.15, -0.1) is 0 Å². The van der Waals surface area contributed by atoms with Crippen LogP contribution in [0.15, 0.2) is 48.5 Å². The molecule has 0 saturated carbocycles. The van der Waals surface area contributed by atoms with Crippen LogP contribution in [0.1, 0.15) is 90.4 Å². The molecule has 0 bridgehead atoms. The summed E-state index contributed by atoms with van der Waals surface area (Å²) in [6.07, 6.45) is 18.3. The first-order valence-electron chi connectivity index (χ1n) is 10.6. The Morgan fingerprint density at radius 1 is 0.538 bits per heavy atom. The summed E-state index contributed by atoms with van der Waals surface area (Å²) < 4.78 is 0. The smallest absolute Gasteiger partial charge is 0.343 e. The zero-order chi connectivity index (χ0) is 18.0. The van der Waals surface area contributed by atoms with Crippen LogP contribution in [-0.2, 0) is 0 Å². The second kappa shape index (κ2) is 19.5. The Morgan fingerprint density at radius 3 is 1.15 bits per heavy atom. The van der Waals surface area contributed by atoms with Crippen molar-refractivity contribution < 1.29 is 29.6 Å². The van der Waals surface area contributed by atoms with E-state index < -0.39 is 0 Å². The van der Waals surface area contributed by atoms with E-state index in [9.17, 15) is 0 Å². The first kappa shape index (κ1) is 25.7. The number of fused-ring (bicyclic) bond motifs is 1. The van der Waals surface area contributed by atoms with Crippen LogP contribution in [0.3, 0.4) is 0 Å². The molecule has 0 nitrogen and oxygen atoms in total. The molecule has 0 aliphatic carbocycles. The summed E-state index contributed by atoms with van der Waals surface area (Å²) in [5, 5.41) is 2.62. The van der Waals surface area contributed by atoms with Crippen molar-refractivity contribution in [2.45, 2.75) is 90.4 Å². The molecule has 0 aliphatic heterocycles. The first-order valence-corrected chi connectivity index (χ1v) is 10.6. The number of benzene rings is 2. The maximum Gasteiger partial charge on any atom is 1.00 e. The van der Waals surface area contributed by atoms with E-state index in [0.717, 1.165) is 6.42 Å². The van der Waals surface area contributed by atoms with Gasteiger partial charge in [-0.25, -0.2) is 0 Å². The van der Waals surface area contributed by atoms with E-state index in [0.29, 0.717) is 0 Å². The summed E-state index contributed by atoms with van der Waals surface area (Å²) in [5.74, 6) is 0. The SMILES string of the molecule is [CH2-]CCCCCCCCCCCCCC.[Na+].c1ccc2ccccc2c1. The van der Waals surface area contributed by atoms with Gasteiger partial charge in [0.1, 0.15) is 0 Å². The molecule has 1 heteroatoms. The largest absolute Gasteiger partial charge is 1.00 e. The van der Waals surface area contributed by atoms with Gasteiger partial charge in [-0.3, -0.25) is 0 Å². The summed E-state index contributed by atoms with van der Waals surface area (Å²) in [5.41, 5.74) is 0. The van der Waals surface area contributed by atoms with Gasteiger partial charge in [0.05, 0.1) is 0 Å². The summed E-state index contributed by atoms with van der Waals surface area (Å²) >= 11 is 0. The predicted molar refractivity (Wildman–Crippen MR) is 115 cm³/mol. The van der Waals surface area contributed by atoms with E-state index in [1.54, 1.807) is 0 Å². The minimum absolute atomic E-state index is 0. The van der Waals surface area contributed by atoms with Crippen LogP contribution in [0.5, 0.6) is 0 Å². The van der Waals surface area contributed by atoms with Crippen molar-refractivity contribution in [3.05, 3.63) is 55.5 Å². The Morgan fingerprint density at radius 2 is 0.846 bits per heavy atom. The van der Waals surface area contributed by atoms with E-state index >= 15 is 0 Å². The first-order chi connectivity index (χ1) is 12.4. The van der Waals surface area contributed by atoms with Crippen molar-refractivity contribution in [1.29, 1.82) is 0 Å². The predicted octanol–water partition coefficient (Wildman–Crippen LogP) is 5.76. The molecule has 2 aromatic rings. The van der Waals surface area contributed by atoms with E-state index in [2.05, 4.69) is 62.4 Å². The zero-order valence-electron chi connectivity index (χ0n) is 17.5. The van der Waals surface area contributed by atoms with Gasteiger partial charge in [0.25, 0.3) is 0 Å². The van der Waals surface area contributed by atoms with E-state index in [1.165, 1.54) is 87.8 Å². The summed E-state index contributed by atoms with van der Waals surface area (Å²) in [4.78, 5) is 0. The Balaban J connectivity index is 0.000000490. The quantitative estimate of drug-likeness (QED) is 0.256. The molecule has 0 heterocycles. The van der Waals surface area contributed by atoms with Crippen LogP contribution in [0.2, 0.25) is 0 Å². The van der Waals surface area contributed by atoms with Crippen LogP contribution in [0.4, 0.5) is 0 Å². The van der Waals surface area contributed by atoms with Crippen LogP contribution in [0, 0.1) is 6.92 Å². The van der Waals surface area contributed by atoms with Gasteiger partial charge in [0.2, 0.25) is 0 Å². The van der Waals surface area contributed by atoms with Crippen LogP contribution in [0.25, 0.3) is 10.8 Å². The maximum atomic E-state index is 3.87. The van der Waals surface area contributed by atoms with Crippen molar-refractivity contribution in [2.75, 3.05) is 0 Å². The average Bonchev–Trinajstić information content (AvgIpc) is 2.67. The minimum Gasteiger partial charge on any atom is -0.343 e. The molecular formula is C25H39Na. The number of rotatable bonds is 12. The normalized spacial score (nSPS) is 10.1. The molecule has 0 aliphatic rings. The van der Waals surface area contributed by atoms with Crippen LogP contribution in [-0.4, -0.2) is 0 Å². The van der Waals surface area contributed by atoms with Crippen molar-refractivity contribution in [2.24, 2.45) is 0 Å². The zero-order valence-corrected chi connectivity index (χ0v) is 19.5. The molecule has 0 unspecified atom stereocenters. The van der Waals surface area contributed by atoms with Crippen molar-refractivity contribution in [3.63, 3.8) is 0 Å². The molecular weight excluding hydrogens is 323 g/mol. The van der Waals surface area contributed by atoms with Crippen molar-refractivity contribution >= 4 is 10.8 Å². The third kappa shape index (κ3) is 13.8. The number of hydrogen-bond donors (Lipinski definition) is 0. The van der Waals surface area contributed by atoms with Crippen molar-refractivity contribution in [1.82, 2.24) is 0 Å². The van der Waals surface area contributed by atoms with E-state index in [4.69, 9.17) is 0 Å². The van der Waals surface area contributed by atoms with E-state index in [-0.39, 0.29) is 29.6 Å². The van der Waals surface area contributed by atoms with Crippen molar-refractivity contribution in [3.8, 4) is 0 Å². The molecule has 0 N–H and O–H groups in total. The molecule has 0 amide bonds. The van der Waals surface area contributed by atoms with Gasteiger partial charge in [0.15, 0.2) is 0 Å². The molecule has 0 spiro atoms. The topological polar surface area (TPSA) is 0 Å². The summed E-state index contributed by atoms with van der Waals surface area (Å²) in [7, 11) is 0. The Bertz CT molecular complexity index is 443. The van der Waals surface area contributed by atoms with Crippen LogP contribution >= 0.6 is 0 Å². The Kier molecular flexibility index (Phi) is 19.2. The second-order valence-electron chi connectivity index (χ2n) is 7.09. The minimum atomic E-state index is 0. The fraction of sp³-hybridized carbons (Fsp3) is 0.560. The summed E-state index contributed by atoms with van der Waals surface area (Å²) in [6.45, 7) is 6.15. The number of hydrogen-bond acceptors (Lipinski definition) is 0. The molecule has 0 fully saturated rings. The Hall–Kier alpha value is -0.300. The third-order valence-corrected chi connectivity index (χ3v) is 4.76. The molecule has 26 heavy (non-hydrogen) atoms. The molecule has 0 radical (unpaired) electrons. The average molecular weight is 363 g/mol. The molecule has 0 atom stereocenters. The fourth-order valence-corrected chi connectivity index (χ4v) is 3.15. The molecule has 140 valence electrons. The Labute approximate surface area is 185 Å². The molecule has 0 aromatic heterocycles. The summed E-state index contributed by atoms with van der Waals surface area (Å²) in [6, 6.07) is 16.7. The fourth-order valence-electron chi connectivity index (χ4n) is 3.15. The van der Waals surface area contributed by atoms with Gasteiger partial charge < -0.3 is 6.92 Å². The standard InChI is InChI=1S/C15H31.C10H8.Na/c1-3-5-7-9-11-13-15-14-12-10-8-6-4-2;1-2-6-10-8-4-3-7-9(10)5-1;/h1,3-15H2,2H3;1-8H;/q-1;;+1. The molecule has 2 aromatic carbocycles.